The van der Waals surface area contributed by atoms with Crippen molar-refractivity contribution in [2.75, 3.05) is 39.8 Å². The lowest BCUT2D eigenvalue weighted by Gasteiger charge is -2.35. The number of nitrogens with one attached hydrogen (secondary N) is 1. The summed E-state index contributed by atoms with van der Waals surface area (Å²) in [7, 11) is -1.57. The van der Waals surface area contributed by atoms with Crippen molar-refractivity contribution >= 4 is 10.2 Å². The van der Waals surface area contributed by atoms with Gasteiger partial charge in [-0.3, -0.25) is 0 Å². The molecule has 0 radical (unpaired) electrons. The molecule has 0 aromatic heterocycles. The lowest BCUT2D eigenvalue weighted by atomic mass is 9.87. The molecule has 1 aliphatic rings. The van der Waals surface area contributed by atoms with Gasteiger partial charge in [-0.15, -0.1) is 0 Å². The van der Waals surface area contributed by atoms with Crippen molar-refractivity contribution < 1.29 is 8.42 Å². The van der Waals surface area contributed by atoms with Crippen molar-refractivity contribution in [2.45, 2.75) is 40.0 Å². The minimum atomic E-state index is -3.26. The van der Waals surface area contributed by atoms with Crippen LogP contribution < -0.4 is 5.32 Å². The number of hydrogen-bond acceptors (Lipinski definition) is 3. The molecule has 0 aliphatic carbocycles. The predicted molar refractivity (Wildman–Crippen MR) is 83.8 cm³/mol. The fraction of sp³-hybridized carbons (Fsp3) is 1.00. The van der Waals surface area contributed by atoms with Crippen molar-refractivity contribution in [2.24, 2.45) is 11.8 Å². The molecule has 1 rings (SSSR count). The van der Waals surface area contributed by atoms with Gasteiger partial charge >= 0.3 is 0 Å². The van der Waals surface area contributed by atoms with Gasteiger partial charge in [-0.05, 0) is 44.2 Å². The smallest absolute Gasteiger partial charge is 0.281 e. The first-order valence-electron chi connectivity index (χ1n) is 7.81. The normalized spacial score (nSPS) is 19.1. The highest BCUT2D eigenvalue weighted by atomic mass is 32.2. The molecule has 0 aromatic carbocycles. The Balaban J connectivity index is 2.44. The van der Waals surface area contributed by atoms with Crippen LogP contribution in [0.25, 0.3) is 0 Å². The van der Waals surface area contributed by atoms with Crippen LogP contribution in [0.1, 0.15) is 40.0 Å². The lowest BCUT2D eigenvalue weighted by molar-refractivity contribution is 0.218. The van der Waals surface area contributed by atoms with Gasteiger partial charge in [0.25, 0.3) is 10.2 Å². The second kappa shape index (κ2) is 8.32. The molecule has 1 heterocycles. The van der Waals surface area contributed by atoms with Crippen LogP contribution in [0.3, 0.4) is 0 Å². The van der Waals surface area contributed by atoms with E-state index >= 15 is 0 Å². The SMILES string of the molecule is CCNCCCN(C)S(=O)(=O)N1CCC(C(C)C)CC1. The van der Waals surface area contributed by atoms with Gasteiger partial charge in [0.1, 0.15) is 0 Å². The second-order valence-corrected chi connectivity index (χ2v) is 8.05. The molecular formula is C14H31N3O2S. The third kappa shape index (κ3) is 4.98. The molecule has 0 spiro atoms. The summed E-state index contributed by atoms with van der Waals surface area (Å²) in [6.45, 7) is 10.2. The first-order valence-corrected chi connectivity index (χ1v) is 9.21. The Morgan fingerprint density at radius 3 is 2.40 bits per heavy atom. The fourth-order valence-corrected chi connectivity index (χ4v) is 4.12. The predicted octanol–water partition coefficient (Wildman–Crippen LogP) is 1.53. The molecule has 1 fully saturated rings. The molecule has 5 nitrogen and oxygen atoms in total. The van der Waals surface area contributed by atoms with Gasteiger partial charge < -0.3 is 5.32 Å². The number of piperidine rings is 1. The van der Waals surface area contributed by atoms with E-state index in [1.54, 1.807) is 11.4 Å². The summed E-state index contributed by atoms with van der Waals surface area (Å²) in [4.78, 5) is 0. The maximum atomic E-state index is 12.5. The van der Waals surface area contributed by atoms with E-state index in [1.165, 1.54) is 4.31 Å². The molecule has 0 bridgehead atoms. The quantitative estimate of drug-likeness (QED) is 0.692. The standard InChI is InChI=1S/C14H31N3O2S/c1-5-15-9-6-10-16(4)20(18,19)17-11-7-14(8-12-17)13(2)3/h13-15H,5-12H2,1-4H3. The molecule has 0 amide bonds. The Labute approximate surface area is 124 Å². The van der Waals surface area contributed by atoms with E-state index in [9.17, 15) is 8.42 Å². The van der Waals surface area contributed by atoms with E-state index in [4.69, 9.17) is 0 Å². The zero-order valence-corrected chi connectivity index (χ0v) is 14.2. The highest BCUT2D eigenvalue weighted by Crippen LogP contribution is 2.26. The molecule has 0 aromatic rings. The van der Waals surface area contributed by atoms with E-state index < -0.39 is 10.2 Å². The van der Waals surface area contributed by atoms with Crippen LogP contribution in [-0.4, -0.2) is 56.8 Å². The minimum Gasteiger partial charge on any atom is -0.317 e. The van der Waals surface area contributed by atoms with Crippen LogP contribution in [0, 0.1) is 11.8 Å². The Hall–Kier alpha value is -0.170. The molecule has 1 aliphatic heterocycles. The number of nitrogens with zero attached hydrogens (tertiary/aromatic N) is 2. The average molecular weight is 305 g/mol. The van der Waals surface area contributed by atoms with Crippen LogP contribution in [0.15, 0.2) is 0 Å². The average Bonchev–Trinajstić information content (AvgIpc) is 2.43. The first-order chi connectivity index (χ1) is 9.39. The van der Waals surface area contributed by atoms with Crippen molar-refractivity contribution in [3.63, 3.8) is 0 Å². The van der Waals surface area contributed by atoms with Crippen LogP contribution in [-0.2, 0) is 10.2 Å². The first kappa shape index (κ1) is 17.9. The third-order valence-corrected chi connectivity index (χ3v) is 6.23. The summed E-state index contributed by atoms with van der Waals surface area (Å²) in [5, 5.41) is 3.22. The second-order valence-electron chi connectivity index (χ2n) is 6.02. The molecule has 0 atom stereocenters. The van der Waals surface area contributed by atoms with E-state index in [1.807, 2.05) is 0 Å². The number of rotatable bonds is 8. The molecular weight excluding hydrogens is 274 g/mol. The Bertz CT molecular complexity index is 363. The molecule has 1 saturated heterocycles. The van der Waals surface area contributed by atoms with E-state index in [2.05, 4.69) is 26.1 Å². The van der Waals surface area contributed by atoms with Gasteiger partial charge in [-0.25, -0.2) is 0 Å². The molecule has 0 unspecified atom stereocenters. The van der Waals surface area contributed by atoms with E-state index in [0.29, 0.717) is 31.5 Å². The lowest BCUT2D eigenvalue weighted by Crippen LogP contribution is -2.46. The molecule has 20 heavy (non-hydrogen) atoms. The fourth-order valence-electron chi connectivity index (χ4n) is 2.69. The van der Waals surface area contributed by atoms with Crippen molar-refractivity contribution in [1.29, 1.82) is 0 Å². The highest BCUT2D eigenvalue weighted by Gasteiger charge is 2.31. The summed E-state index contributed by atoms with van der Waals surface area (Å²) in [5.74, 6) is 1.32. The zero-order valence-electron chi connectivity index (χ0n) is 13.4. The molecule has 0 saturated carbocycles. The Morgan fingerprint density at radius 2 is 1.90 bits per heavy atom. The molecule has 120 valence electrons. The van der Waals surface area contributed by atoms with E-state index in [-0.39, 0.29) is 0 Å². The zero-order chi connectivity index (χ0) is 15.2. The molecule has 6 heteroatoms. The maximum Gasteiger partial charge on any atom is 0.281 e. The maximum absolute atomic E-state index is 12.5. The van der Waals surface area contributed by atoms with Gasteiger partial charge in [0, 0.05) is 26.7 Å². The van der Waals surface area contributed by atoms with Crippen LogP contribution in [0.4, 0.5) is 0 Å². The van der Waals surface area contributed by atoms with Gasteiger partial charge in [0.05, 0.1) is 0 Å². The van der Waals surface area contributed by atoms with Gasteiger partial charge in [-0.1, -0.05) is 20.8 Å². The van der Waals surface area contributed by atoms with Gasteiger partial charge in [0.15, 0.2) is 0 Å². The van der Waals surface area contributed by atoms with Gasteiger partial charge in [0.2, 0.25) is 0 Å². The summed E-state index contributed by atoms with van der Waals surface area (Å²) in [6.07, 6.45) is 2.83. The van der Waals surface area contributed by atoms with Crippen molar-refractivity contribution in [1.82, 2.24) is 13.9 Å². The van der Waals surface area contributed by atoms with Crippen LogP contribution in [0.2, 0.25) is 0 Å². The minimum absolute atomic E-state index is 0.583. The summed E-state index contributed by atoms with van der Waals surface area (Å²) in [5.41, 5.74) is 0. The topological polar surface area (TPSA) is 52.7 Å². The van der Waals surface area contributed by atoms with Crippen molar-refractivity contribution in [3.05, 3.63) is 0 Å². The molecule has 1 N–H and O–H groups in total. The van der Waals surface area contributed by atoms with Gasteiger partial charge in [-0.2, -0.15) is 17.0 Å². The summed E-state index contributed by atoms with van der Waals surface area (Å²) < 4.78 is 28.1. The number of hydrogen-bond donors (Lipinski definition) is 1. The third-order valence-electron chi connectivity index (χ3n) is 4.24. The Morgan fingerprint density at radius 1 is 1.30 bits per heavy atom. The highest BCUT2D eigenvalue weighted by molar-refractivity contribution is 7.86. The monoisotopic (exact) mass is 305 g/mol. The Kier molecular flexibility index (Phi) is 7.43. The van der Waals surface area contributed by atoms with E-state index in [0.717, 1.165) is 32.4 Å². The van der Waals surface area contributed by atoms with Crippen LogP contribution >= 0.6 is 0 Å². The van der Waals surface area contributed by atoms with Crippen LogP contribution in [0.5, 0.6) is 0 Å². The largest absolute Gasteiger partial charge is 0.317 e. The summed E-state index contributed by atoms with van der Waals surface area (Å²) in [6, 6.07) is 0. The summed E-state index contributed by atoms with van der Waals surface area (Å²) >= 11 is 0. The van der Waals surface area contributed by atoms with Crippen molar-refractivity contribution in [3.8, 4) is 0 Å².